The van der Waals surface area contributed by atoms with Gasteiger partial charge in [-0.2, -0.15) is 5.10 Å². The quantitative estimate of drug-likeness (QED) is 0.587. The van der Waals surface area contributed by atoms with Gasteiger partial charge in [-0.3, -0.25) is 15.1 Å². The molecule has 3 heterocycles. The number of benzene rings is 1. The van der Waals surface area contributed by atoms with E-state index in [4.69, 9.17) is 0 Å². The zero-order chi connectivity index (χ0) is 14.2. The number of aromatic amines is 1. The Balaban J connectivity index is 2.00. The number of pyridine rings is 2. The topological polar surface area (TPSA) is 66.5 Å². The summed E-state index contributed by atoms with van der Waals surface area (Å²) in [6.45, 7) is 1.99. The van der Waals surface area contributed by atoms with Crippen LogP contribution in [-0.4, -0.2) is 20.2 Å². The second-order valence-electron chi connectivity index (χ2n) is 4.97. The number of nitrogens with one attached hydrogen (secondary N) is 2. The lowest BCUT2D eigenvalue weighted by Crippen LogP contribution is -1.95. The Bertz CT molecular complexity index is 927. The Kier molecular flexibility index (Phi) is 2.57. The van der Waals surface area contributed by atoms with Crippen LogP contribution in [0.5, 0.6) is 0 Å². The minimum Gasteiger partial charge on any atom is -0.354 e. The molecule has 0 bridgehead atoms. The van der Waals surface area contributed by atoms with Gasteiger partial charge >= 0.3 is 0 Å². The molecule has 0 saturated heterocycles. The highest BCUT2D eigenvalue weighted by Crippen LogP contribution is 2.31. The van der Waals surface area contributed by atoms with Crippen LogP contribution in [0.4, 0.5) is 11.4 Å². The fourth-order valence-corrected chi connectivity index (χ4v) is 2.56. The summed E-state index contributed by atoms with van der Waals surface area (Å²) in [5.41, 5.74) is 4.85. The van der Waals surface area contributed by atoms with Crippen molar-refractivity contribution in [3.8, 4) is 0 Å². The van der Waals surface area contributed by atoms with Gasteiger partial charge in [-0.15, -0.1) is 0 Å². The Morgan fingerprint density at radius 2 is 2.10 bits per heavy atom. The zero-order valence-corrected chi connectivity index (χ0v) is 11.5. The molecule has 21 heavy (non-hydrogen) atoms. The van der Waals surface area contributed by atoms with Crippen molar-refractivity contribution in [2.75, 3.05) is 5.32 Å². The van der Waals surface area contributed by atoms with E-state index in [0.29, 0.717) is 0 Å². The first-order valence-electron chi connectivity index (χ1n) is 6.72. The second-order valence-corrected chi connectivity index (χ2v) is 4.97. The minimum atomic E-state index is 0.943. The van der Waals surface area contributed by atoms with Crippen LogP contribution in [0.15, 0.2) is 48.9 Å². The summed E-state index contributed by atoms with van der Waals surface area (Å²) in [7, 11) is 0. The molecule has 5 heteroatoms. The maximum Gasteiger partial charge on any atom is 0.0765 e. The predicted molar refractivity (Wildman–Crippen MR) is 83.7 cm³/mol. The van der Waals surface area contributed by atoms with Gasteiger partial charge in [0.25, 0.3) is 0 Å². The molecule has 4 aromatic rings. The van der Waals surface area contributed by atoms with Crippen LogP contribution in [0.25, 0.3) is 21.8 Å². The number of rotatable bonds is 2. The lowest BCUT2D eigenvalue weighted by Gasteiger charge is -2.11. The van der Waals surface area contributed by atoms with E-state index in [9.17, 15) is 0 Å². The largest absolute Gasteiger partial charge is 0.354 e. The fourth-order valence-electron chi connectivity index (χ4n) is 2.56. The Hall–Kier alpha value is -2.95. The summed E-state index contributed by atoms with van der Waals surface area (Å²) in [6.07, 6.45) is 5.38. The molecular weight excluding hydrogens is 262 g/mol. The van der Waals surface area contributed by atoms with E-state index in [1.54, 1.807) is 12.4 Å². The molecule has 0 aliphatic heterocycles. The summed E-state index contributed by atoms with van der Waals surface area (Å²) in [6, 6.07) is 9.98. The Morgan fingerprint density at radius 3 is 2.95 bits per heavy atom. The van der Waals surface area contributed by atoms with E-state index in [0.717, 1.165) is 38.9 Å². The van der Waals surface area contributed by atoms with Crippen molar-refractivity contribution in [3.05, 3.63) is 54.6 Å². The van der Waals surface area contributed by atoms with Crippen LogP contribution in [0.1, 0.15) is 5.69 Å². The molecule has 0 fully saturated rings. The maximum absolute atomic E-state index is 4.60. The van der Waals surface area contributed by atoms with Gasteiger partial charge < -0.3 is 5.32 Å². The molecule has 0 aliphatic carbocycles. The number of hydrogen-bond acceptors (Lipinski definition) is 4. The molecule has 0 aliphatic rings. The molecule has 0 radical (unpaired) electrons. The predicted octanol–water partition coefficient (Wildman–Crippen LogP) is 3.56. The molecule has 0 amide bonds. The highest BCUT2D eigenvalue weighted by molar-refractivity contribution is 6.10. The van der Waals surface area contributed by atoms with E-state index in [1.165, 1.54) is 0 Å². The van der Waals surface area contributed by atoms with E-state index in [2.05, 4.69) is 25.5 Å². The van der Waals surface area contributed by atoms with Crippen molar-refractivity contribution in [3.63, 3.8) is 0 Å². The van der Waals surface area contributed by atoms with Crippen LogP contribution in [0.2, 0.25) is 0 Å². The average Bonchev–Trinajstić information content (AvgIpc) is 2.96. The van der Waals surface area contributed by atoms with Crippen molar-refractivity contribution in [2.45, 2.75) is 6.92 Å². The summed E-state index contributed by atoms with van der Waals surface area (Å²) in [4.78, 5) is 8.74. The van der Waals surface area contributed by atoms with Crippen LogP contribution in [0.3, 0.4) is 0 Å². The normalized spacial score (nSPS) is 11.1. The molecule has 4 rings (SSSR count). The number of aryl methyl sites for hydroxylation is 1. The highest BCUT2D eigenvalue weighted by atomic mass is 15.1. The van der Waals surface area contributed by atoms with E-state index < -0.39 is 0 Å². The van der Waals surface area contributed by atoms with Crippen LogP contribution < -0.4 is 5.32 Å². The molecule has 1 aromatic carbocycles. The smallest absolute Gasteiger partial charge is 0.0765 e. The van der Waals surface area contributed by atoms with Crippen molar-refractivity contribution < 1.29 is 0 Å². The Labute approximate surface area is 121 Å². The first kappa shape index (κ1) is 11.8. The monoisotopic (exact) mass is 275 g/mol. The number of fused-ring (bicyclic) bond motifs is 3. The highest BCUT2D eigenvalue weighted by Gasteiger charge is 2.10. The lowest BCUT2D eigenvalue weighted by atomic mass is 10.1. The first-order valence-corrected chi connectivity index (χ1v) is 6.72. The summed E-state index contributed by atoms with van der Waals surface area (Å²) in [5.74, 6) is 0. The maximum atomic E-state index is 4.60. The standard InChI is InChI=1S/C16H13N5/c1-10-7-14(20-12-3-2-6-17-9-12)15-13(19-10)5-4-11-8-18-21-16(11)15/h2-9H,1H3,(H,18,21)(H,19,20). The van der Waals surface area contributed by atoms with Gasteiger partial charge in [0.2, 0.25) is 0 Å². The second kappa shape index (κ2) is 4.56. The van der Waals surface area contributed by atoms with Crippen molar-refractivity contribution >= 4 is 33.2 Å². The molecule has 5 nitrogen and oxygen atoms in total. The third-order valence-corrected chi connectivity index (χ3v) is 3.46. The summed E-state index contributed by atoms with van der Waals surface area (Å²) >= 11 is 0. The molecule has 0 atom stereocenters. The fraction of sp³-hybridized carbons (Fsp3) is 0.0625. The minimum absolute atomic E-state index is 0.943. The molecule has 0 spiro atoms. The van der Waals surface area contributed by atoms with Crippen molar-refractivity contribution in [1.29, 1.82) is 0 Å². The van der Waals surface area contributed by atoms with E-state index in [1.807, 2.05) is 43.5 Å². The van der Waals surface area contributed by atoms with Gasteiger partial charge in [0.05, 0.1) is 34.8 Å². The van der Waals surface area contributed by atoms with Crippen LogP contribution >= 0.6 is 0 Å². The Morgan fingerprint density at radius 1 is 1.14 bits per heavy atom. The number of hydrogen-bond donors (Lipinski definition) is 2. The van der Waals surface area contributed by atoms with Gasteiger partial charge in [-0.05, 0) is 37.3 Å². The lowest BCUT2D eigenvalue weighted by molar-refractivity contribution is 1.12. The third-order valence-electron chi connectivity index (χ3n) is 3.46. The summed E-state index contributed by atoms with van der Waals surface area (Å²) in [5, 5.41) is 12.7. The van der Waals surface area contributed by atoms with Crippen molar-refractivity contribution in [2.24, 2.45) is 0 Å². The number of anilines is 2. The third kappa shape index (κ3) is 1.99. The zero-order valence-electron chi connectivity index (χ0n) is 11.5. The molecule has 0 saturated carbocycles. The van der Waals surface area contributed by atoms with Crippen molar-refractivity contribution in [1.82, 2.24) is 20.2 Å². The molecule has 2 N–H and O–H groups in total. The van der Waals surface area contributed by atoms with Gasteiger partial charge in [0.15, 0.2) is 0 Å². The van der Waals surface area contributed by atoms with E-state index in [-0.39, 0.29) is 0 Å². The first-order chi connectivity index (χ1) is 10.3. The average molecular weight is 275 g/mol. The van der Waals surface area contributed by atoms with E-state index >= 15 is 0 Å². The molecular formula is C16H13N5. The van der Waals surface area contributed by atoms with Gasteiger partial charge in [-0.25, -0.2) is 0 Å². The summed E-state index contributed by atoms with van der Waals surface area (Å²) < 4.78 is 0. The molecule has 3 aromatic heterocycles. The number of aromatic nitrogens is 4. The van der Waals surface area contributed by atoms with Gasteiger partial charge in [0.1, 0.15) is 0 Å². The van der Waals surface area contributed by atoms with Crippen LogP contribution in [0, 0.1) is 6.92 Å². The SMILES string of the molecule is Cc1cc(Nc2cccnc2)c2c(ccc3cn[nH]c32)n1. The molecule has 0 unspecified atom stereocenters. The number of H-pyrrole nitrogens is 1. The van der Waals surface area contributed by atoms with Crippen LogP contribution in [-0.2, 0) is 0 Å². The van der Waals surface area contributed by atoms with Gasteiger partial charge in [0, 0.05) is 22.7 Å². The van der Waals surface area contributed by atoms with Gasteiger partial charge in [-0.1, -0.05) is 0 Å². The number of nitrogens with zero attached hydrogens (tertiary/aromatic N) is 3. The molecule has 102 valence electrons.